The second-order valence-corrected chi connectivity index (χ2v) is 5.86. The molecule has 0 amide bonds. The van der Waals surface area contributed by atoms with Crippen LogP contribution in [0.15, 0.2) is 30.5 Å². The summed E-state index contributed by atoms with van der Waals surface area (Å²) in [4.78, 5) is 6.89. The van der Waals surface area contributed by atoms with Gasteiger partial charge in [0, 0.05) is 41.4 Å². The van der Waals surface area contributed by atoms with Gasteiger partial charge in [-0.15, -0.1) is 0 Å². The summed E-state index contributed by atoms with van der Waals surface area (Å²) in [5.41, 5.74) is 8.18. The summed E-state index contributed by atoms with van der Waals surface area (Å²) in [5.74, 6) is 0. The molecule has 106 valence electrons. The third-order valence-electron chi connectivity index (χ3n) is 4.14. The topological polar surface area (TPSA) is 42.1 Å². The maximum absolute atomic E-state index is 6.07. The van der Waals surface area contributed by atoms with Crippen LogP contribution in [0, 0.1) is 0 Å². The normalized spacial score (nSPS) is 20.1. The fraction of sp³-hybridized carbons (Fsp3) is 0.438. The van der Waals surface area contributed by atoms with Crippen molar-refractivity contribution in [3.63, 3.8) is 0 Å². The molecule has 0 bridgehead atoms. The van der Waals surface area contributed by atoms with Gasteiger partial charge in [0.1, 0.15) is 0 Å². The fourth-order valence-corrected chi connectivity index (χ4v) is 3.26. The summed E-state index contributed by atoms with van der Waals surface area (Å²) in [7, 11) is 0. The van der Waals surface area contributed by atoms with Gasteiger partial charge in [0.25, 0.3) is 0 Å². The van der Waals surface area contributed by atoms with E-state index in [0.717, 1.165) is 22.5 Å². The molecule has 1 unspecified atom stereocenters. The Labute approximate surface area is 124 Å². The van der Waals surface area contributed by atoms with Crippen molar-refractivity contribution in [2.24, 2.45) is 5.73 Å². The Hall–Kier alpha value is -1.32. The SMILES string of the molecule is NCC1CCCCCN1c1ccnc2cc(Cl)ccc12. The van der Waals surface area contributed by atoms with E-state index in [1.165, 1.54) is 31.4 Å². The fourth-order valence-electron chi connectivity index (χ4n) is 3.10. The first kappa shape index (κ1) is 13.7. The highest BCUT2D eigenvalue weighted by atomic mass is 35.5. The zero-order chi connectivity index (χ0) is 13.9. The number of pyridine rings is 1. The summed E-state index contributed by atoms with van der Waals surface area (Å²) < 4.78 is 0. The van der Waals surface area contributed by atoms with Crippen molar-refractivity contribution in [1.29, 1.82) is 0 Å². The molecule has 0 spiro atoms. The van der Waals surface area contributed by atoms with Crippen LogP contribution in [0.5, 0.6) is 0 Å². The molecule has 0 aliphatic carbocycles. The Morgan fingerprint density at radius 2 is 2.15 bits per heavy atom. The van der Waals surface area contributed by atoms with Gasteiger partial charge in [-0.25, -0.2) is 0 Å². The largest absolute Gasteiger partial charge is 0.367 e. The van der Waals surface area contributed by atoms with E-state index >= 15 is 0 Å². The molecule has 0 saturated carbocycles. The Balaban J connectivity index is 2.07. The first-order valence-corrected chi connectivity index (χ1v) is 7.68. The number of nitrogens with two attached hydrogens (primary N) is 1. The molecule has 1 aliphatic rings. The second kappa shape index (κ2) is 5.98. The highest BCUT2D eigenvalue weighted by Gasteiger charge is 2.21. The van der Waals surface area contributed by atoms with Gasteiger partial charge in [0.15, 0.2) is 0 Å². The molecular formula is C16H20ClN3. The minimum Gasteiger partial charge on any atom is -0.367 e. The minimum absolute atomic E-state index is 0.429. The summed E-state index contributed by atoms with van der Waals surface area (Å²) in [6, 6.07) is 8.46. The van der Waals surface area contributed by atoms with Gasteiger partial charge in [-0.1, -0.05) is 24.4 Å². The summed E-state index contributed by atoms with van der Waals surface area (Å²) in [6.07, 6.45) is 6.84. The van der Waals surface area contributed by atoms with Crippen LogP contribution >= 0.6 is 11.6 Å². The average Bonchev–Trinajstić information content (AvgIpc) is 2.71. The summed E-state index contributed by atoms with van der Waals surface area (Å²) in [5, 5.41) is 1.89. The van der Waals surface area contributed by atoms with E-state index in [2.05, 4.69) is 22.0 Å². The molecule has 1 aromatic heterocycles. The van der Waals surface area contributed by atoms with Gasteiger partial charge in [0.2, 0.25) is 0 Å². The molecule has 1 saturated heterocycles. The predicted molar refractivity (Wildman–Crippen MR) is 85.4 cm³/mol. The molecule has 2 heterocycles. The third-order valence-corrected chi connectivity index (χ3v) is 4.38. The number of hydrogen-bond acceptors (Lipinski definition) is 3. The summed E-state index contributed by atoms with van der Waals surface area (Å²) in [6.45, 7) is 1.78. The van der Waals surface area contributed by atoms with Crippen molar-refractivity contribution in [1.82, 2.24) is 4.98 Å². The average molecular weight is 290 g/mol. The van der Waals surface area contributed by atoms with E-state index < -0.39 is 0 Å². The van der Waals surface area contributed by atoms with Crippen molar-refractivity contribution < 1.29 is 0 Å². The smallest absolute Gasteiger partial charge is 0.0737 e. The molecule has 1 atom stereocenters. The molecule has 1 aliphatic heterocycles. The van der Waals surface area contributed by atoms with Crippen molar-refractivity contribution in [3.8, 4) is 0 Å². The van der Waals surface area contributed by atoms with Crippen LogP contribution in [0.1, 0.15) is 25.7 Å². The van der Waals surface area contributed by atoms with Crippen LogP contribution in [0.4, 0.5) is 5.69 Å². The monoisotopic (exact) mass is 289 g/mol. The van der Waals surface area contributed by atoms with Crippen molar-refractivity contribution >= 4 is 28.2 Å². The van der Waals surface area contributed by atoms with Crippen molar-refractivity contribution in [2.75, 3.05) is 18.0 Å². The zero-order valence-corrected chi connectivity index (χ0v) is 12.3. The maximum Gasteiger partial charge on any atom is 0.0737 e. The van der Waals surface area contributed by atoms with Gasteiger partial charge < -0.3 is 10.6 Å². The first-order valence-electron chi connectivity index (χ1n) is 7.30. The molecule has 1 aromatic carbocycles. The number of aromatic nitrogens is 1. The van der Waals surface area contributed by atoms with E-state index in [9.17, 15) is 0 Å². The molecule has 3 nitrogen and oxygen atoms in total. The second-order valence-electron chi connectivity index (χ2n) is 5.42. The lowest BCUT2D eigenvalue weighted by atomic mass is 10.1. The lowest BCUT2D eigenvalue weighted by Crippen LogP contribution is -2.40. The van der Waals surface area contributed by atoms with E-state index in [0.29, 0.717) is 12.6 Å². The minimum atomic E-state index is 0.429. The maximum atomic E-state index is 6.07. The number of hydrogen-bond donors (Lipinski definition) is 1. The van der Waals surface area contributed by atoms with E-state index in [1.54, 1.807) is 0 Å². The number of halogens is 1. The molecule has 2 N–H and O–H groups in total. The first-order chi connectivity index (χ1) is 9.79. The number of nitrogens with zero attached hydrogens (tertiary/aromatic N) is 2. The quantitative estimate of drug-likeness (QED) is 0.918. The van der Waals surface area contributed by atoms with E-state index in [-0.39, 0.29) is 0 Å². The highest BCUT2D eigenvalue weighted by Crippen LogP contribution is 2.31. The molecule has 1 fully saturated rings. The lowest BCUT2D eigenvalue weighted by molar-refractivity contribution is 0.581. The van der Waals surface area contributed by atoms with Gasteiger partial charge in [-0.2, -0.15) is 0 Å². The summed E-state index contributed by atoms with van der Waals surface area (Å²) >= 11 is 6.07. The number of fused-ring (bicyclic) bond motifs is 1. The zero-order valence-electron chi connectivity index (χ0n) is 11.6. The van der Waals surface area contributed by atoms with E-state index in [1.807, 2.05) is 18.3 Å². The van der Waals surface area contributed by atoms with Gasteiger partial charge in [-0.3, -0.25) is 4.98 Å². The van der Waals surface area contributed by atoms with Crippen LogP contribution in [-0.2, 0) is 0 Å². The molecule has 20 heavy (non-hydrogen) atoms. The molecule has 3 rings (SSSR count). The number of anilines is 1. The molecule has 0 radical (unpaired) electrons. The molecular weight excluding hydrogens is 270 g/mol. The number of benzene rings is 1. The molecule has 4 heteroatoms. The van der Waals surface area contributed by atoms with Crippen LogP contribution in [-0.4, -0.2) is 24.1 Å². The van der Waals surface area contributed by atoms with Crippen molar-refractivity contribution in [2.45, 2.75) is 31.7 Å². The molecule has 2 aromatic rings. The predicted octanol–water partition coefficient (Wildman–Crippen LogP) is 3.60. The van der Waals surface area contributed by atoms with Crippen LogP contribution in [0.25, 0.3) is 10.9 Å². The Morgan fingerprint density at radius 1 is 1.25 bits per heavy atom. The lowest BCUT2D eigenvalue weighted by Gasteiger charge is -2.32. The van der Waals surface area contributed by atoms with Crippen LogP contribution in [0.3, 0.4) is 0 Å². The van der Waals surface area contributed by atoms with Crippen LogP contribution in [0.2, 0.25) is 5.02 Å². The van der Waals surface area contributed by atoms with Gasteiger partial charge in [0.05, 0.1) is 5.52 Å². The van der Waals surface area contributed by atoms with Gasteiger partial charge >= 0.3 is 0 Å². The van der Waals surface area contributed by atoms with Crippen LogP contribution < -0.4 is 10.6 Å². The van der Waals surface area contributed by atoms with Crippen molar-refractivity contribution in [3.05, 3.63) is 35.5 Å². The Kier molecular flexibility index (Phi) is 4.08. The standard InChI is InChI=1S/C16H20ClN3/c17-12-5-6-14-15(10-12)19-8-7-16(14)20-9-3-1-2-4-13(20)11-18/h5-8,10,13H,1-4,9,11,18H2. The van der Waals surface area contributed by atoms with E-state index in [4.69, 9.17) is 17.3 Å². The Bertz CT molecular complexity index is 599. The third kappa shape index (κ3) is 2.60. The number of rotatable bonds is 2. The highest BCUT2D eigenvalue weighted by molar-refractivity contribution is 6.31. The Morgan fingerprint density at radius 3 is 3.00 bits per heavy atom. The van der Waals surface area contributed by atoms with Gasteiger partial charge in [-0.05, 0) is 37.1 Å².